The van der Waals surface area contributed by atoms with E-state index in [1.54, 1.807) is 12.3 Å². The highest BCUT2D eigenvalue weighted by atomic mass is 16.5. The number of nitrogens with one attached hydrogen (secondary N) is 2. The summed E-state index contributed by atoms with van der Waals surface area (Å²) in [5, 5.41) is 5.50. The first kappa shape index (κ1) is 15.9. The van der Waals surface area contributed by atoms with Crippen LogP contribution in [0.15, 0.2) is 48.9 Å². The van der Waals surface area contributed by atoms with Gasteiger partial charge in [-0.25, -0.2) is 14.8 Å². The Morgan fingerprint density at radius 2 is 2.00 bits per heavy atom. The van der Waals surface area contributed by atoms with Gasteiger partial charge in [0.05, 0.1) is 18.8 Å². The zero-order valence-corrected chi connectivity index (χ0v) is 12.7. The molecule has 6 nitrogen and oxygen atoms in total. The summed E-state index contributed by atoms with van der Waals surface area (Å²) in [6.45, 7) is 4.72. The van der Waals surface area contributed by atoms with Gasteiger partial charge in [-0.05, 0) is 25.5 Å². The molecule has 0 aliphatic carbocycles. The molecule has 2 N–H and O–H groups in total. The van der Waals surface area contributed by atoms with Gasteiger partial charge in [-0.3, -0.25) is 5.32 Å². The highest BCUT2D eigenvalue weighted by Gasteiger charge is 2.21. The van der Waals surface area contributed by atoms with Crippen molar-refractivity contribution in [1.82, 2.24) is 15.3 Å². The summed E-state index contributed by atoms with van der Waals surface area (Å²) in [6.07, 6.45) is 2.94. The summed E-state index contributed by atoms with van der Waals surface area (Å²) in [4.78, 5) is 19.7. The predicted molar refractivity (Wildman–Crippen MR) is 84.4 cm³/mol. The fraction of sp³-hybridized carbons (Fsp3) is 0.312. The van der Waals surface area contributed by atoms with E-state index in [0.29, 0.717) is 19.0 Å². The Morgan fingerprint density at radius 1 is 1.23 bits per heavy atom. The van der Waals surface area contributed by atoms with Crippen LogP contribution >= 0.6 is 0 Å². The lowest BCUT2D eigenvalue weighted by Crippen LogP contribution is -2.48. The smallest absolute Gasteiger partial charge is 0.320 e. The fourth-order valence-electron chi connectivity index (χ4n) is 1.85. The van der Waals surface area contributed by atoms with E-state index in [0.717, 1.165) is 5.56 Å². The van der Waals surface area contributed by atoms with Crippen molar-refractivity contribution in [2.45, 2.75) is 26.0 Å². The predicted octanol–water partition coefficient (Wildman–Crippen LogP) is 2.59. The van der Waals surface area contributed by atoms with E-state index < -0.39 is 5.54 Å². The number of ether oxygens (including phenoxy) is 1. The van der Waals surface area contributed by atoms with Gasteiger partial charge in [0.15, 0.2) is 0 Å². The molecule has 1 aromatic carbocycles. The normalized spacial score (nSPS) is 11.0. The van der Waals surface area contributed by atoms with Crippen molar-refractivity contribution < 1.29 is 9.53 Å². The number of carbonyl (C=O) groups is 1. The number of carbonyl (C=O) groups excluding carboxylic acids is 1. The van der Waals surface area contributed by atoms with Gasteiger partial charge in [0.25, 0.3) is 0 Å². The zero-order chi connectivity index (χ0) is 15.8. The molecule has 0 fully saturated rings. The molecule has 22 heavy (non-hydrogen) atoms. The molecule has 6 heteroatoms. The molecule has 2 amide bonds. The lowest BCUT2D eigenvalue weighted by Gasteiger charge is -2.26. The lowest BCUT2D eigenvalue weighted by atomic mass is 10.1. The number of hydrogen-bond acceptors (Lipinski definition) is 4. The first-order chi connectivity index (χ1) is 10.6. The highest BCUT2D eigenvalue weighted by Crippen LogP contribution is 2.07. The van der Waals surface area contributed by atoms with Gasteiger partial charge < -0.3 is 10.1 Å². The third-order valence-electron chi connectivity index (χ3n) is 2.85. The summed E-state index contributed by atoms with van der Waals surface area (Å²) in [6, 6.07) is 11.2. The van der Waals surface area contributed by atoms with Gasteiger partial charge in [-0.1, -0.05) is 30.3 Å². The monoisotopic (exact) mass is 300 g/mol. The van der Waals surface area contributed by atoms with Crippen LogP contribution in [0.2, 0.25) is 0 Å². The molecule has 0 aliphatic heterocycles. The molecule has 1 aromatic heterocycles. The third kappa shape index (κ3) is 5.49. The Labute approximate surface area is 129 Å². The molecule has 2 aromatic rings. The minimum atomic E-state index is -0.494. The molecule has 0 radical (unpaired) electrons. The Morgan fingerprint density at radius 3 is 2.68 bits per heavy atom. The third-order valence-corrected chi connectivity index (χ3v) is 2.85. The van der Waals surface area contributed by atoms with E-state index in [1.807, 2.05) is 44.2 Å². The Bertz CT molecular complexity index is 588. The van der Waals surface area contributed by atoms with Crippen LogP contribution in [0, 0.1) is 0 Å². The number of nitrogens with zero attached hydrogens (tertiary/aromatic N) is 2. The molecule has 0 spiro atoms. The van der Waals surface area contributed by atoms with Crippen LogP contribution in [-0.2, 0) is 11.3 Å². The summed E-state index contributed by atoms with van der Waals surface area (Å²) < 4.78 is 5.67. The summed E-state index contributed by atoms with van der Waals surface area (Å²) in [7, 11) is 0. The van der Waals surface area contributed by atoms with Crippen LogP contribution < -0.4 is 10.6 Å². The van der Waals surface area contributed by atoms with Crippen LogP contribution in [0.3, 0.4) is 0 Å². The minimum absolute atomic E-state index is 0.327. The molecule has 2 rings (SSSR count). The van der Waals surface area contributed by atoms with E-state index in [-0.39, 0.29) is 6.03 Å². The van der Waals surface area contributed by atoms with Gasteiger partial charge >= 0.3 is 6.03 Å². The van der Waals surface area contributed by atoms with E-state index in [4.69, 9.17) is 4.74 Å². The maximum absolute atomic E-state index is 11.9. The Balaban J connectivity index is 1.76. The van der Waals surface area contributed by atoms with Gasteiger partial charge in [0.1, 0.15) is 12.1 Å². The van der Waals surface area contributed by atoms with E-state index in [1.165, 1.54) is 6.33 Å². The topological polar surface area (TPSA) is 76.1 Å². The van der Waals surface area contributed by atoms with Crippen LogP contribution in [0.25, 0.3) is 0 Å². The van der Waals surface area contributed by atoms with Crippen LogP contribution in [0.1, 0.15) is 19.4 Å². The average Bonchev–Trinajstić information content (AvgIpc) is 2.48. The first-order valence-corrected chi connectivity index (χ1v) is 7.02. The van der Waals surface area contributed by atoms with Crippen molar-refractivity contribution >= 4 is 11.8 Å². The van der Waals surface area contributed by atoms with Crippen LogP contribution in [0.5, 0.6) is 0 Å². The van der Waals surface area contributed by atoms with Gasteiger partial charge in [0, 0.05) is 6.20 Å². The van der Waals surface area contributed by atoms with Gasteiger partial charge in [-0.15, -0.1) is 0 Å². The number of benzene rings is 1. The number of hydrogen-bond donors (Lipinski definition) is 2. The largest absolute Gasteiger partial charge is 0.374 e. The number of rotatable bonds is 6. The molecule has 0 unspecified atom stereocenters. The van der Waals surface area contributed by atoms with Crippen LogP contribution in [-0.4, -0.2) is 28.1 Å². The van der Waals surface area contributed by atoms with Crippen LogP contribution in [0.4, 0.5) is 10.6 Å². The lowest BCUT2D eigenvalue weighted by molar-refractivity contribution is 0.0752. The van der Waals surface area contributed by atoms with E-state index in [2.05, 4.69) is 20.6 Å². The molecular formula is C16H20N4O2. The molecule has 0 bridgehead atoms. The molecule has 0 atom stereocenters. The number of anilines is 1. The summed E-state index contributed by atoms with van der Waals surface area (Å²) >= 11 is 0. The molecule has 0 aliphatic rings. The Kier molecular flexibility index (Phi) is 5.43. The van der Waals surface area contributed by atoms with Crippen molar-refractivity contribution in [2.24, 2.45) is 0 Å². The SMILES string of the molecule is CC(C)(COCc1ccccc1)NC(=O)Nc1ccncn1. The highest BCUT2D eigenvalue weighted by molar-refractivity contribution is 5.88. The quantitative estimate of drug-likeness (QED) is 0.859. The molecule has 116 valence electrons. The minimum Gasteiger partial charge on any atom is -0.374 e. The second-order valence-electron chi connectivity index (χ2n) is 5.54. The number of urea groups is 1. The first-order valence-electron chi connectivity index (χ1n) is 7.02. The van der Waals surface area contributed by atoms with Crippen molar-refractivity contribution in [2.75, 3.05) is 11.9 Å². The van der Waals surface area contributed by atoms with Crippen molar-refractivity contribution in [1.29, 1.82) is 0 Å². The molecule has 1 heterocycles. The van der Waals surface area contributed by atoms with Crippen molar-refractivity contribution in [3.8, 4) is 0 Å². The van der Waals surface area contributed by atoms with Gasteiger partial charge in [0.2, 0.25) is 0 Å². The zero-order valence-electron chi connectivity index (χ0n) is 12.7. The standard InChI is InChI=1S/C16H20N4O2/c1-16(2,11-22-10-13-6-4-3-5-7-13)20-15(21)19-14-8-9-17-12-18-14/h3-9,12H,10-11H2,1-2H3,(H2,17,18,19,20,21). The fourth-order valence-corrected chi connectivity index (χ4v) is 1.85. The molecule has 0 saturated carbocycles. The second kappa shape index (κ2) is 7.51. The van der Waals surface area contributed by atoms with Crippen molar-refractivity contribution in [3.05, 3.63) is 54.5 Å². The molecular weight excluding hydrogens is 280 g/mol. The van der Waals surface area contributed by atoms with E-state index >= 15 is 0 Å². The summed E-state index contributed by atoms with van der Waals surface area (Å²) in [5.74, 6) is 0.452. The van der Waals surface area contributed by atoms with Gasteiger partial charge in [-0.2, -0.15) is 0 Å². The second-order valence-corrected chi connectivity index (χ2v) is 5.54. The number of aromatic nitrogens is 2. The van der Waals surface area contributed by atoms with E-state index in [9.17, 15) is 4.79 Å². The maximum atomic E-state index is 11.9. The number of amides is 2. The summed E-state index contributed by atoms with van der Waals surface area (Å²) in [5.41, 5.74) is 0.607. The van der Waals surface area contributed by atoms with Crippen molar-refractivity contribution in [3.63, 3.8) is 0 Å². The average molecular weight is 300 g/mol. The molecule has 0 saturated heterocycles. The maximum Gasteiger partial charge on any atom is 0.320 e. The Hall–Kier alpha value is -2.47.